The van der Waals surface area contributed by atoms with Gasteiger partial charge in [-0.05, 0) is 42.0 Å². The second-order valence-electron chi connectivity index (χ2n) is 6.48. The largest absolute Gasteiger partial charge is 0.0622 e. The summed E-state index contributed by atoms with van der Waals surface area (Å²) in [5.41, 5.74) is 5.73. The molecule has 0 nitrogen and oxygen atoms in total. The van der Waals surface area contributed by atoms with E-state index in [-0.39, 0.29) is 5.41 Å². The van der Waals surface area contributed by atoms with Crippen LogP contribution in [0.3, 0.4) is 0 Å². The molecule has 0 N–H and O–H groups in total. The maximum absolute atomic E-state index is 2.47. The van der Waals surface area contributed by atoms with Gasteiger partial charge >= 0.3 is 0 Å². The molecule has 1 aliphatic rings. The summed E-state index contributed by atoms with van der Waals surface area (Å²) >= 11 is 0. The van der Waals surface area contributed by atoms with Crippen molar-refractivity contribution in [3.63, 3.8) is 0 Å². The molecule has 0 heterocycles. The fourth-order valence-electron chi connectivity index (χ4n) is 4.03. The summed E-state index contributed by atoms with van der Waals surface area (Å²) < 4.78 is 0. The predicted octanol–water partition coefficient (Wildman–Crippen LogP) is 5.67. The van der Waals surface area contributed by atoms with Gasteiger partial charge in [0.15, 0.2) is 0 Å². The Balaban J connectivity index is 1.90. The van der Waals surface area contributed by atoms with Crippen molar-refractivity contribution in [2.24, 2.45) is 0 Å². The summed E-state index contributed by atoms with van der Waals surface area (Å²) in [5.74, 6) is 0.438. The van der Waals surface area contributed by atoms with Crippen LogP contribution in [0.1, 0.15) is 34.6 Å². The maximum Gasteiger partial charge on any atom is 0.0277 e. The molecule has 113 valence electrons. The van der Waals surface area contributed by atoms with Crippen molar-refractivity contribution in [3.8, 4) is 0 Å². The van der Waals surface area contributed by atoms with Crippen molar-refractivity contribution in [3.05, 3.63) is 114 Å². The quantitative estimate of drug-likeness (QED) is 0.584. The molecular formula is C23H21. The lowest BCUT2D eigenvalue weighted by Crippen LogP contribution is -2.44. The van der Waals surface area contributed by atoms with E-state index in [1.165, 1.54) is 22.3 Å². The zero-order valence-electron chi connectivity index (χ0n) is 13.4. The van der Waals surface area contributed by atoms with E-state index >= 15 is 0 Å². The minimum Gasteiger partial charge on any atom is -0.0622 e. The lowest BCUT2D eigenvalue weighted by Gasteiger charge is -2.51. The Morgan fingerprint density at radius 1 is 0.696 bits per heavy atom. The summed E-state index contributed by atoms with van der Waals surface area (Å²) in [6.45, 7) is 2.22. The topological polar surface area (TPSA) is 0 Å². The normalized spacial score (nSPS) is 19.1. The van der Waals surface area contributed by atoms with Crippen molar-refractivity contribution in [2.75, 3.05) is 0 Å². The second-order valence-corrected chi connectivity index (χ2v) is 6.48. The van der Waals surface area contributed by atoms with Gasteiger partial charge in [0.25, 0.3) is 0 Å². The smallest absolute Gasteiger partial charge is 0.0277 e. The van der Waals surface area contributed by atoms with Crippen molar-refractivity contribution in [2.45, 2.75) is 24.7 Å². The summed E-state index contributed by atoms with van der Waals surface area (Å²) in [4.78, 5) is 0. The van der Waals surface area contributed by atoms with Gasteiger partial charge in [0.05, 0.1) is 0 Å². The van der Waals surface area contributed by atoms with Crippen LogP contribution in [0.2, 0.25) is 0 Å². The Bertz CT molecular complexity index is 747. The first-order valence-electron chi connectivity index (χ1n) is 8.32. The van der Waals surface area contributed by atoms with Crippen LogP contribution in [0.4, 0.5) is 0 Å². The molecule has 3 aromatic rings. The molecule has 0 heteroatoms. The monoisotopic (exact) mass is 297 g/mol. The zero-order chi connectivity index (χ0) is 15.7. The molecule has 1 radical (unpaired) electrons. The van der Waals surface area contributed by atoms with Crippen LogP contribution >= 0.6 is 0 Å². The van der Waals surface area contributed by atoms with Crippen molar-refractivity contribution < 1.29 is 0 Å². The van der Waals surface area contributed by atoms with Gasteiger partial charge in [-0.15, -0.1) is 0 Å². The van der Waals surface area contributed by atoms with Gasteiger partial charge in [-0.3, -0.25) is 0 Å². The molecular weight excluding hydrogens is 276 g/mol. The van der Waals surface area contributed by atoms with E-state index in [0.717, 1.165) is 6.42 Å². The Hall–Kier alpha value is -2.34. The fourth-order valence-corrected chi connectivity index (χ4v) is 4.03. The molecule has 0 spiro atoms. The predicted molar refractivity (Wildman–Crippen MR) is 96.5 cm³/mol. The maximum atomic E-state index is 2.47. The van der Waals surface area contributed by atoms with Crippen LogP contribution < -0.4 is 0 Å². The van der Waals surface area contributed by atoms with Gasteiger partial charge in [0, 0.05) is 11.3 Å². The van der Waals surface area contributed by atoms with Crippen LogP contribution in [0.25, 0.3) is 0 Å². The SMILES string of the molecule is Cc1ccccc1[C@H]1[CH]CC1(c1ccccc1)c1ccccc1. The first-order valence-corrected chi connectivity index (χ1v) is 8.32. The third-order valence-electron chi connectivity index (χ3n) is 5.31. The molecule has 1 atom stereocenters. The van der Waals surface area contributed by atoms with Crippen LogP contribution in [0, 0.1) is 13.3 Å². The number of hydrogen-bond acceptors (Lipinski definition) is 0. The summed E-state index contributed by atoms with van der Waals surface area (Å²) in [5, 5.41) is 0. The average Bonchev–Trinajstić information content (AvgIpc) is 2.58. The Labute approximate surface area is 138 Å². The number of benzene rings is 3. The molecule has 1 fully saturated rings. The molecule has 0 saturated heterocycles. The summed E-state index contributed by atoms with van der Waals surface area (Å²) in [6.07, 6.45) is 3.57. The molecule has 0 bridgehead atoms. The van der Waals surface area contributed by atoms with E-state index in [2.05, 4.69) is 98.3 Å². The standard InChI is InChI=1S/C23H21/c1-18-10-8-9-15-21(18)22-16-17-23(22,19-11-4-2-5-12-19)20-13-6-3-7-14-20/h2-16,22H,17H2,1H3/t22-/m1/s1. The van der Waals surface area contributed by atoms with Crippen molar-refractivity contribution in [1.82, 2.24) is 0 Å². The molecule has 0 aromatic heterocycles. The minimum absolute atomic E-state index is 0.0641. The lowest BCUT2D eigenvalue weighted by molar-refractivity contribution is 0.331. The van der Waals surface area contributed by atoms with Crippen molar-refractivity contribution >= 4 is 0 Å². The molecule has 4 rings (SSSR count). The molecule has 0 aliphatic heterocycles. The lowest BCUT2D eigenvalue weighted by atomic mass is 9.51. The number of rotatable bonds is 3. The Morgan fingerprint density at radius 3 is 1.70 bits per heavy atom. The van der Waals surface area contributed by atoms with E-state index in [1.54, 1.807) is 0 Å². The van der Waals surface area contributed by atoms with Gasteiger partial charge < -0.3 is 0 Å². The first kappa shape index (κ1) is 14.3. The third kappa shape index (κ3) is 2.21. The van der Waals surface area contributed by atoms with Crippen molar-refractivity contribution in [1.29, 1.82) is 0 Å². The Morgan fingerprint density at radius 2 is 1.22 bits per heavy atom. The highest BCUT2D eigenvalue weighted by molar-refractivity contribution is 5.52. The van der Waals surface area contributed by atoms with E-state index in [9.17, 15) is 0 Å². The molecule has 0 amide bonds. The molecule has 23 heavy (non-hydrogen) atoms. The molecule has 0 unspecified atom stereocenters. The minimum atomic E-state index is 0.0641. The van der Waals surface area contributed by atoms with Crippen LogP contribution in [0.15, 0.2) is 84.9 Å². The molecule has 1 aliphatic carbocycles. The highest BCUT2D eigenvalue weighted by Crippen LogP contribution is 2.58. The third-order valence-corrected chi connectivity index (χ3v) is 5.31. The van der Waals surface area contributed by atoms with E-state index in [0.29, 0.717) is 5.92 Å². The van der Waals surface area contributed by atoms with Gasteiger partial charge in [-0.1, -0.05) is 84.9 Å². The molecule has 3 aromatic carbocycles. The van der Waals surface area contributed by atoms with Gasteiger partial charge in [0.2, 0.25) is 0 Å². The summed E-state index contributed by atoms with van der Waals surface area (Å²) in [6, 6.07) is 30.8. The average molecular weight is 297 g/mol. The van der Waals surface area contributed by atoms with E-state index in [4.69, 9.17) is 0 Å². The Kier molecular flexibility index (Phi) is 3.53. The van der Waals surface area contributed by atoms with Crippen LogP contribution in [-0.4, -0.2) is 0 Å². The highest BCUT2D eigenvalue weighted by atomic mass is 14.5. The number of aryl methyl sites for hydroxylation is 1. The van der Waals surface area contributed by atoms with Gasteiger partial charge in [0.1, 0.15) is 0 Å². The fraction of sp³-hybridized carbons (Fsp3) is 0.174. The van der Waals surface area contributed by atoms with Gasteiger partial charge in [-0.2, -0.15) is 0 Å². The highest BCUT2D eigenvalue weighted by Gasteiger charge is 2.50. The second kappa shape index (κ2) is 5.70. The summed E-state index contributed by atoms with van der Waals surface area (Å²) in [7, 11) is 0. The first-order chi connectivity index (χ1) is 11.3. The van der Waals surface area contributed by atoms with Crippen LogP contribution in [0.5, 0.6) is 0 Å². The van der Waals surface area contributed by atoms with Gasteiger partial charge in [-0.25, -0.2) is 0 Å². The van der Waals surface area contributed by atoms with E-state index in [1.807, 2.05) is 0 Å². The number of hydrogen-bond donors (Lipinski definition) is 0. The molecule has 1 saturated carbocycles. The zero-order valence-corrected chi connectivity index (χ0v) is 13.4. The van der Waals surface area contributed by atoms with Crippen LogP contribution in [-0.2, 0) is 5.41 Å². The van der Waals surface area contributed by atoms with E-state index < -0.39 is 0 Å².